The smallest absolute Gasteiger partial charge is 0.253 e. The molecule has 4 rings (SSSR count). The van der Waals surface area contributed by atoms with E-state index in [1.165, 1.54) is 6.42 Å². The molecule has 122 valence electrons. The Labute approximate surface area is 139 Å². The highest BCUT2D eigenvalue weighted by molar-refractivity contribution is 5.94. The number of benzene rings is 1. The van der Waals surface area contributed by atoms with Gasteiger partial charge in [-0.3, -0.25) is 9.20 Å². The van der Waals surface area contributed by atoms with Gasteiger partial charge in [0.15, 0.2) is 5.65 Å². The second-order valence-electron chi connectivity index (χ2n) is 5.98. The maximum absolute atomic E-state index is 12.4. The van der Waals surface area contributed by atoms with E-state index in [4.69, 9.17) is 4.74 Å². The number of ether oxygens (including phenoxy) is 1. The van der Waals surface area contributed by atoms with Crippen molar-refractivity contribution in [3.8, 4) is 5.75 Å². The average molecular weight is 322 g/mol. The van der Waals surface area contributed by atoms with Gasteiger partial charge in [0.1, 0.15) is 12.1 Å². The lowest BCUT2D eigenvalue weighted by Crippen LogP contribution is -2.26. The van der Waals surface area contributed by atoms with E-state index in [0.717, 1.165) is 24.2 Å². The summed E-state index contributed by atoms with van der Waals surface area (Å²) in [6, 6.07) is 11.4. The Bertz CT molecular complexity index is 870. The van der Waals surface area contributed by atoms with Crippen molar-refractivity contribution in [2.24, 2.45) is 0 Å². The van der Waals surface area contributed by atoms with Gasteiger partial charge in [0.25, 0.3) is 5.91 Å². The Morgan fingerprint density at radius 2 is 2.12 bits per heavy atom. The van der Waals surface area contributed by atoms with Crippen LogP contribution in [0.2, 0.25) is 0 Å². The highest BCUT2D eigenvalue weighted by atomic mass is 16.5. The molecule has 1 aliphatic carbocycles. The fraction of sp³-hybridized carbons (Fsp3) is 0.278. The fourth-order valence-corrected chi connectivity index (χ4v) is 2.67. The van der Waals surface area contributed by atoms with Crippen molar-refractivity contribution >= 4 is 11.6 Å². The van der Waals surface area contributed by atoms with Gasteiger partial charge in [-0.2, -0.15) is 0 Å². The molecule has 1 aromatic carbocycles. The van der Waals surface area contributed by atoms with Crippen LogP contribution in [0.15, 0.2) is 48.9 Å². The number of amides is 1. The first kappa shape index (κ1) is 14.7. The van der Waals surface area contributed by atoms with E-state index in [2.05, 4.69) is 15.5 Å². The highest BCUT2D eigenvalue weighted by Gasteiger charge is 2.20. The van der Waals surface area contributed by atoms with Gasteiger partial charge in [-0.1, -0.05) is 18.2 Å². The summed E-state index contributed by atoms with van der Waals surface area (Å²) in [6.07, 6.45) is 7.07. The number of pyridine rings is 1. The standard InChI is InChI=1S/C18H18N4O2/c23-18(14-8-9-17-21-20-12-22(17)11-14)19-10-13-4-1-2-7-16(13)24-15-5-3-6-15/h1-2,4,7-9,11-12,15H,3,5-6,10H2,(H,19,23). The van der Waals surface area contributed by atoms with E-state index >= 15 is 0 Å². The van der Waals surface area contributed by atoms with Crippen molar-refractivity contribution in [1.29, 1.82) is 0 Å². The van der Waals surface area contributed by atoms with Crippen molar-refractivity contribution in [2.75, 3.05) is 0 Å². The normalized spacial score (nSPS) is 14.3. The Hall–Kier alpha value is -2.89. The lowest BCUT2D eigenvalue weighted by molar-refractivity contribution is 0.0948. The summed E-state index contributed by atoms with van der Waals surface area (Å²) < 4.78 is 7.72. The molecule has 0 radical (unpaired) electrons. The molecule has 6 nitrogen and oxygen atoms in total. The van der Waals surface area contributed by atoms with Gasteiger partial charge in [-0.25, -0.2) is 0 Å². The van der Waals surface area contributed by atoms with Gasteiger partial charge >= 0.3 is 0 Å². The van der Waals surface area contributed by atoms with Gasteiger partial charge in [0.2, 0.25) is 0 Å². The number of hydrogen-bond donors (Lipinski definition) is 1. The van der Waals surface area contributed by atoms with Crippen LogP contribution in [0.5, 0.6) is 5.75 Å². The van der Waals surface area contributed by atoms with E-state index in [-0.39, 0.29) is 5.91 Å². The van der Waals surface area contributed by atoms with Crippen LogP contribution in [0.4, 0.5) is 0 Å². The minimum absolute atomic E-state index is 0.135. The molecule has 1 saturated carbocycles. The van der Waals surface area contributed by atoms with Crippen LogP contribution < -0.4 is 10.1 Å². The molecule has 1 fully saturated rings. The van der Waals surface area contributed by atoms with E-state index in [1.54, 1.807) is 29.1 Å². The molecule has 2 aromatic heterocycles. The van der Waals surface area contributed by atoms with Gasteiger partial charge in [0, 0.05) is 18.3 Å². The Morgan fingerprint density at radius 3 is 2.96 bits per heavy atom. The largest absolute Gasteiger partial charge is 0.490 e. The lowest BCUT2D eigenvalue weighted by atomic mass is 9.96. The third-order valence-corrected chi connectivity index (χ3v) is 4.31. The van der Waals surface area contributed by atoms with E-state index in [0.29, 0.717) is 23.9 Å². The Morgan fingerprint density at radius 1 is 1.25 bits per heavy atom. The number of nitrogens with zero attached hydrogens (tertiary/aromatic N) is 3. The van der Waals surface area contributed by atoms with E-state index < -0.39 is 0 Å². The molecule has 0 aliphatic heterocycles. The zero-order valence-corrected chi connectivity index (χ0v) is 13.2. The quantitative estimate of drug-likeness (QED) is 0.784. The third kappa shape index (κ3) is 2.95. The molecule has 0 bridgehead atoms. The molecular weight excluding hydrogens is 304 g/mol. The van der Waals surface area contributed by atoms with E-state index in [9.17, 15) is 4.79 Å². The minimum Gasteiger partial charge on any atom is -0.490 e. The van der Waals surface area contributed by atoms with Crippen LogP contribution in [0.3, 0.4) is 0 Å². The number of fused-ring (bicyclic) bond motifs is 1. The van der Waals surface area contributed by atoms with Crippen molar-refractivity contribution in [3.05, 3.63) is 60.0 Å². The average Bonchev–Trinajstić information content (AvgIpc) is 3.04. The molecule has 0 unspecified atom stereocenters. The zero-order chi connectivity index (χ0) is 16.4. The van der Waals surface area contributed by atoms with Crippen LogP contribution in [-0.4, -0.2) is 26.6 Å². The summed E-state index contributed by atoms with van der Waals surface area (Å²) in [7, 11) is 0. The molecule has 3 aromatic rings. The fourth-order valence-electron chi connectivity index (χ4n) is 2.67. The van der Waals surface area contributed by atoms with Crippen LogP contribution in [0.1, 0.15) is 35.2 Å². The first-order valence-electron chi connectivity index (χ1n) is 8.12. The number of nitrogens with one attached hydrogen (secondary N) is 1. The Balaban J connectivity index is 1.45. The molecular formula is C18H18N4O2. The van der Waals surface area contributed by atoms with Crippen molar-refractivity contribution in [2.45, 2.75) is 31.9 Å². The molecule has 24 heavy (non-hydrogen) atoms. The van der Waals surface area contributed by atoms with Crippen molar-refractivity contribution in [3.63, 3.8) is 0 Å². The zero-order valence-electron chi connectivity index (χ0n) is 13.2. The number of rotatable bonds is 5. The SMILES string of the molecule is O=C(NCc1ccccc1OC1CCC1)c1ccc2nncn2c1. The van der Waals surface area contributed by atoms with Crippen LogP contribution >= 0.6 is 0 Å². The Kier molecular flexibility index (Phi) is 3.86. The van der Waals surface area contributed by atoms with Crippen LogP contribution in [0, 0.1) is 0 Å². The van der Waals surface area contributed by atoms with E-state index in [1.807, 2.05) is 24.3 Å². The number of para-hydroxylation sites is 1. The summed E-state index contributed by atoms with van der Waals surface area (Å²) >= 11 is 0. The number of hydrogen-bond acceptors (Lipinski definition) is 4. The molecule has 2 heterocycles. The summed E-state index contributed by atoms with van der Waals surface area (Å²) in [5.74, 6) is 0.723. The second kappa shape index (κ2) is 6.31. The molecule has 1 aliphatic rings. The minimum atomic E-state index is -0.135. The highest BCUT2D eigenvalue weighted by Crippen LogP contribution is 2.27. The van der Waals surface area contributed by atoms with Gasteiger partial charge in [0.05, 0.1) is 11.7 Å². The summed E-state index contributed by atoms with van der Waals surface area (Å²) in [5.41, 5.74) is 2.27. The van der Waals surface area contributed by atoms with Crippen LogP contribution in [0.25, 0.3) is 5.65 Å². The second-order valence-corrected chi connectivity index (χ2v) is 5.98. The molecule has 6 heteroatoms. The van der Waals surface area contributed by atoms with Crippen molar-refractivity contribution in [1.82, 2.24) is 19.9 Å². The third-order valence-electron chi connectivity index (χ3n) is 4.31. The number of carbonyl (C=O) groups is 1. The van der Waals surface area contributed by atoms with Crippen LogP contribution in [-0.2, 0) is 6.54 Å². The lowest BCUT2D eigenvalue weighted by Gasteiger charge is -2.27. The molecule has 0 atom stereocenters. The maximum Gasteiger partial charge on any atom is 0.253 e. The maximum atomic E-state index is 12.4. The first-order valence-corrected chi connectivity index (χ1v) is 8.12. The molecule has 1 N–H and O–H groups in total. The number of aromatic nitrogens is 3. The molecule has 0 spiro atoms. The molecule has 0 saturated heterocycles. The predicted octanol–water partition coefficient (Wildman–Crippen LogP) is 2.59. The predicted molar refractivity (Wildman–Crippen MR) is 88.9 cm³/mol. The monoisotopic (exact) mass is 322 g/mol. The summed E-state index contributed by atoms with van der Waals surface area (Å²) in [6.45, 7) is 0.432. The topological polar surface area (TPSA) is 68.5 Å². The summed E-state index contributed by atoms with van der Waals surface area (Å²) in [4.78, 5) is 12.4. The van der Waals surface area contributed by atoms with Gasteiger partial charge < -0.3 is 10.1 Å². The van der Waals surface area contributed by atoms with Gasteiger partial charge in [-0.15, -0.1) is 10.2 Å². The first-order chi connectivity index (χ1) is 11.8. The molecule has 1 amide bonds. The van der Waals surface area contributed by atoms with Crippen molar-refractivity contribution < 1.29 is 9.53 Å². The number of carbonyl (C=O) groups excluding carboxylic acids is 1. The van der Waals surface area contributed by atoms with Gasteiger partial charge in [-0.05, 0) is 37.5 Å². The summed E-state index contributed by atoms with van der Waals surface area (Å²) in [5, 5.41) is 10.7.